The Labute approximate surface area is 156 Å². The van der Waals surface area contributed by atoms with E-state index in [1.807, 2.05) is 0 Å². The highest BCUT2D eigenvalue weighted by Gasteiger charge is 2.37. The molecule has 0 spiro atoms. The van der Waals surface area contributed by atoms with Crippen LogP contribution in [0.4, 0.5) is 10.1 Å². The number of anilines is 1. The summed E-state index contributed by atoms with van der Waals surface area (Å²) in [6, 6.07) is 12.9. The maximum absolute atomic E-state index is 13.2. The van der Waals surface area contributed by atoms with E-state index in [-0.39, 0.29) is 23.7 Å². The molecule has 142 valence electrons. The third-order valence-electron chi connectivity index (χ3n) is 4.72. The van der Waals surface area contributed by atoms with Crippen LogP contribution in [-0.4, -0.2) is 43.3 Å². The van der Waals surface area contributed by atoms with Crippen LogP contribution in [-0.2, 0) is 14.9 Å². The molecule has 1 fully saturated rings. The second-order valence-corrected chi connectivity index (χ2v) is 6.60. The van der Waals surface area contributed by atoms with Crippen LogP contribution in [0.2, 0.25) is 0 Å². The van der Waals surface area contributed by atoms with Crippen molar-refractivity contribution in [2.75, 3.05) is 31.6 Å². The minimum absolute atomic E-state index is 0.226. The van der Waals surface area contributed by atoms with Crippen LogP contribution in [0.1, 0.15) is 22.3 Å². The van der Waals surface area contributed by atoms with E-state index in [0.717, 1.165) is 12.0 Å². The van der Waals surface area contributed by atoms with E-state index in [9.17, 15) is 14.0 Å². The highest BCUT2D eigenvalue weighted by atomic mass is 19.1. The Morgan fingerprint density at radius 2 is 1.96 bits per heavy atom. The Hall–Kier alpha value is -2.93. The molecule has 7 heteroatoms. The Morgan fingerprint density at radius 3 is 2.63 bits per heavy atom. The summed E-state index contributed by atoms with van der Waals surface area (Å²) in [5.41, 5.74) is 1.53. The number of aliphatic carboxylic acids is 1. The zero-order valence-corrected chi connectivity index (χ0v) is 14.7. The van der Waals surface area contributed by atoms with Gasteiger partial charge in [-0.15, -0.1) is 0 Å². The van der Waals surface area contributed by atoms with E-state index in [4.69, 9.17) is 9.84 Å². The first-order valence-corrected chi connectivity index (χ1v) is 8.66. The van der Waals surface area contributed by atoms with Gasteiger partial charge in [0.25, 0.3) is 5.91 Å². The van der Waals surface area contributed by atoms with Gasteiger partial charge in [0.2, 0.25) is 0 Å². The lowest BCUT2D eigenvalue weighted by Gasteiger charge is -2.28. The van der Waals surface area contributed by atoms with Gasteiger partial charge in [-0.25, -0.2) is 4.39 Å². The van der Waals surface area contributed by atoms with Gasteiger partial charge < -0.3 is 20.5 Å². The first-order chi connectivity index (χ1) is 13.0. The van der Waals surface area contributed by atoms with Gasteiger partial charge in [0.15, 0.2) is 0 Å². The summed E-state index contributed by atoms with van der Waals surface area (Å²) in [5.74, 6) is -1.54. The SMILES string of the molecule is O=C(O)CNc1cccc(C(=O)NC[C@@]2(c3ccc(F)cc3)CCOC2)c1. The topological polar surface area (TPSA) is 87.7 Å². The van der Waals surface area contributed by atoms with Crippen LogP contribution in [0.15, 0.2) is 48.5 Å². The number of carbonyl (C=O) groups excluding carboxylic acids is 1. The molecule has 1 aliphatic heterocycles. The Morgan fingerprint density at radius 1 is 1.19 bits per heavy atom. The number of nitrogens with one attached hydrogen (secondary N) is 2. The van der Waals surface area contributed by atoms with Crippen molar-refractivity contribution in [3.05, 3.63) is 65.5 Å². The predicted octanol–water partition coefficient (Wildman–Crippen LogP) is 2.41. The second-order valence-electron chi connectivity index (χ2n) is 6.60. The van der Waals surface area contributed by atoms with Crippen molar-refractivity contribution < 1.29 is 23.8 Å². The third kappa shape index (κ3) is 4.62. The molecular weight excluding hydrogens is 351 g/mol. The number of ether oxygens (including phenoxy) is 1. The summed E-state index contributed by atoms with van der Waals surface area (Å²) >= 11 is 0. The number of hydrogen-bond acceptors (Lipinski definition) is 4. The highest BCUT2D eigenvalue weighted by molar-refractivity contribution is 5.95. The van der Waals surface area contributed by atoms with E-state index in [1.54, 1.807) is 36.4 Å². The Kier molecular flexibility index (Phi) is 5.71. The average molecular weight is 372 g/mol. The zero-order chi connectivity index (χ0) is 19.3. The first kappa shape index (κ1) is 18.8. The van der Waals surface area contributed by atoms with Gasteiger partial charge in [0, 0.05) is 29.8 Å². The molecule has 1 aliphatic rings. The van der Waals surface area contributed by atoms with Crippen molar-refractivity contribution in [1.29, 1.82) is 0 Å². The lowest BCUT2D eigenvalue weighted by atomic mass is 9.79. The van der Waals surface area contributed by atoms with Gasteiger partial charge in [0.05, 0.1) is 6.61 Å². The Balaban J connectivity index is 1.69. The molecule has 2 aromatic rings. The van der Waals surface area contributed by atoms with E-state index in [0.29, 0.717) is 31.0 Å². The molecule has 0 saturated carbocycles. The zero-order valence-electron chi connectivity index (χ0n) is 14.7. The molecule has 3 rings (SSSR count). The molecule has 0 radical (unpaired) electrons. The number of halogens is 1. The van der Waals surface area contributed by atoms with Crippen molar-refractivity contribution >= 4 is 17.6 Å². The lowest BCUT2D eigenvalue weighted by molar-refractivity contribution is -0.134. The molecule has 2 aromatic carbocycles. The van der Waals surface area contributed by atoms with Gasteiger partial charge >= 0.3 is 5.97 Å². The summed E-state index contributed by atoms with van der Waals surface area (Å²) in [7, 11) is 0. The van der Waals surface area contributed by atoms with Gasteiger partial charge in [-0.3, -0.25) is 9.59 Å². The van der Waals surface area contributed by atoms with Crippen molar-refractivity contribution in [2.24, 2.45) is 0 Å². The molecule has 0 aromatic heterocycles. The smallest absolute Gasteiger partial charge is 0.322 e. The van der Waals surface area contributed by atoms with Gasteiger partial charge in [0.1, 0.15) is 12.4 Å². The predicted molar refractivity (Wildman–Crippen MR) is 98.4 cm³/mol. The van der Waals surface area contributed by atoms with Crippen LogP contribution in [0, 0.1) is 5.82 Å². The van der Waals surface area contributed by atoms with E-state index >= 15 is 0 Å². The van der Waals surface area contributed by atoms with Crippen LogP contribution in [0.5, 0.6) is 0 Å². The molecule has 0 bridgehead atoms. The van der Waals surface area contributed by atoms with Crippen molar-refractivity contribution in [1.82, 2.24) is 5.32 Å². The van der Waals surface area contributed by atoms with Gasteiger partial charge in [-0.05, 0) is 42.3 Å². The van der Waals surface area contributed by atoms with Crippen LogP contribution >= 0.6 is 0 Å². The van der Waals surface area contributed by atoms with E-state index < -0.39 is 5.97 Å². The summed E-state index contributed by atoms with van der Waals surface area (Å²) in [6.07, 6.45) is 0.735. The molecule has 1 atom stereocenters. The number of rotatable bonds is 7. The van der Waals surface area contributed by atoms with Gasteiger partial charge in [-0.1, -0.05) is 18.2 Å². The monoisotopic (exact) mass is 372 g/mol. The quantitative estimate of drug-likeness (QED) is 0.695. The van der Waals surface area contributed by atoms with E-state index in [1.165, 1.54) is 12.1 Å². The Bertz CT molecular complexity index is 817. The fourth-order valence-corrected chi connectivity index (χ4v) is 3.18. The van der Waals surface area contributed by atoms with Gasteiger partial charge in [-0.2, -0.15) is 0 Å². The molecule has 0 unspecified atom stereocenters. The van der Waals surface area contributed by atoms with Crippen molar-refractivity contribution in [3.63, 3.8) is 0 Å². The number of carboxylic acids is 1. The average Bonchev–Trinajstić information content (AvgIpc) is 3.15. The lowest BCUT2D eigenvalue weighted by Crippen LogP contribution is -2.41. The largest absolute Gasteiger partial charge is 0.480 e. The number of hydrogen-bond donors (Lipinski definition) is 3. The first-order valence-electron chi connectivity index (χ1n) is 8.66. The van der Waals surface area contributed by atoms with E-state index in [2.05, 4.69) is 10.6 Å². The minimum Gasteiger partial charge on any atom is -0.480 e. The van der Waals surface area contributed by atoms with Crippen LogP contribution in [0.3, 0.4) is 0 Å². The molecule has 1 heterocycles. The highest BCUT2D eigenvalue weighted by Crippen LogP contribution is 2.33. The third-order valence-corrected chi connectivity index (χ3v) is 4.72. The normalized spacial score (nSPS) is 18.9. The summed E-state index contributed by atoms with van der Waals surface area (Å²) < 4.78 is 18.8. The van der Waals surface area contributed by atoms with Crippen LogP contribution < -0.4 is 10.6 Å². The summed E-state index contributed by atoms with van der Waals surface area (Å²) in [4.78, 5) is 23.2. The fraction of sp³-hybridized carbons (Fsp3) is 0.300. The number of amides is 1. The number of benzene rings is 2. The minimum atomic E-state index is -0.979. The van der Waals surface area contributed by atoms with Crippen molar-refractivity contribution in [3.8, 4) is 0 Å². The summed E-state index contributed by atoms with van der Waals surface area (Å²) in [5, 5.41) is 14.4. The number of carboxylic acid groups (broad SMARTS) is 1. The fourth-order valence-electron chi connectivity index (χ4n) is 3.18. The maximum Gasteiger partial charge on any atom is 0.322 e. The second kappa shape index (κ2) is 8.18. The maximum atomic E-state index is 13.2. The molecule has 1 saturated heterocycles. The standard InChI is InChI=1S/C20H21FN2O4/c21-16-6-4-15(5-7-16)20(8-9-27-13-20)12-23-19(26)14-2-1-3-17(10-14)22-11-18(24)25/h1-7,10,22H,8-9,11-13H2,(H,23,26)(H,24,25)/t20-/m0/s1. The number of carbonyl (C=O) groups is 2. The van der Waals surface area contributed by atoms with Crippen LogP contribution in [0.25, 0.3) is 0 Å². The molecule has 3 N–H and O–H groups in total. The summed E-state index contributed by atoms with van der Waals surface area (Å²) in [6.45, 7) is 1.18. The van der Waals surface area contributed by atoms with Crippen molar-refractivity contribution in [2.45, 2.75) is 11.8 Å². The molecular formula is C20H21FN2O4. The molecule has 6 nitrogen and oxygen atoms in total. The molecule has 0 aliphatic carbocycles. The molecule has 27 heavy (non-hydrogen) atoms. The molecule has 1 amide bonds.